The van der Waals surface area contributed by atoms with Gasteiger partial charge in [-0.15, -0.1) is 0 Å². The Bertz CT molecular complexity index is 1260. The molecule has 2 aromatic heterocycles. The van der Waals surface area contributed by atoms with E-state index in [0.717, 1.165) is 53.1 Å². The van der Waals surface area contributed by atoms with Crippen LogP contribution in [0.5, 0.6) is 5.75 Å². The summed E-state index contributed by atoms with van der Waals surface area (Å²) in [6.45, 7) is 3.89. The molecule has 3 atom stereocenters. The van der Waals surface area contributed by atoms with Crippen molar-refractivity contribution < 1.29 is 14.6 Å². The monoisotopic (exact) mass is 444 g/mol. The Morgan fingerprint density at radius 3 is 2.64 bits per heavy atom. The summed E-state index contributed by atoms with van der Waals surface area (Å²) in [5, 5.41) is 10.0. The Balaban J connectivity index is 1.83. The first kappa shape index (κ1) is 21.4. The summed E-state index contributed by atoms with van der Waals surface area (Å²) >= 11 is 0. The van der Waals surface area contributed by atoms with E-state index in [1.165, 1.54) is 0 Å². The van der Waals surface area contributed by atoms with Gasteiger partial charge in [0.1, 0.15) is 11.6 Å². The Kier molecular flexibility index (Phi) is 5.07. The maximum atomic E-state index is 13.1. The smallest absolute Gasteiger partial charge is 0.165 e. The molecule has 0 bridgehead atoms. The van der Waals surface area contributed by atoms with Gasteiger partial charge in [-0.2, -0.15) is 0 Å². The molecule has 0 aliphatic heterocycles. The molecule has 0 unspecified atom stereocenters. The molecule has 0 saturated heterocycles. The number of aliphatic hydroxyl groups is 1. The van der Waals surface area contributed by atoms with Gasteiger partial charge in [-0.3, -0.25) is 4.79 Å². The zero-order valence-corrected chi connectivity index (χ0v) is 19.4. The molecule has 2 aliphatic carbocycles. The SMILES string of the molecule is COc1ccc([C@]23C/C(=C/O)C(=O)[C@@H](C)[C@@H]2CCc2c(-c4cncn4C)nc(C)nc23)cc1. The predicted octanol–water partition coefficient (Wildman–Crippen LogP) is 4.09. The highest BCUT2D eigenvalue weighted by molar-refractivity contribution is 5.98. The number of aryl methyl sites for hydroxylation is 2. The number of fused-ring (bicyclic) bond motifs is 3. The zero-order chi connectivity index (χ0) is 23.3. The standard InChI is InChI=1S/C26H28N4O3/c1-15-21-10-9-20-23(22-12-27-14-30(22)3)28-16(2)29-25(20)26(21,11-17(13-31)24(15)32)18-5-7-19(33-4)8-6-18/h5-8,12-15,21,31H,9-11H2,1-4H3/b17-13-/t15-,21-,26+/m0/s1. The molecule has 170 valence electrons. The van der Waals surface area contributed by atoms with E-state index in [9.17, 15) is 9.90 Å². The quantitative estimate of drug-likeness (QED) is 0.483. The van der Waals surface area contributed by atoms with Crippen LogP contribution in [0, 0.1) is 18.8 Å². The van der Waals surface area contributed by atoms with Crippen LogP contribution in [0.25, 0.3) is 11.4 Å². The van der Waals surface area contributed by atoms with Crippen LogP contribution in [0.3, 0.4) is 0 Å². The van der Waals surface area contributed by atoms with E-state index in [1.54, 1.807) is 13.4 Å². The van der Waals surface area contributed by atoms with E-state index in [4.69, 9.17) is 14.7 Å². The molecule has 7 heteroatoms. The van der Waals surface area contributed by atoms with Crippen molar-refractivity contribution in [2.75, 3.05) is 7.11 Å². The largest absolute Gasteiger partial charge is 0.515 e. The second-order valence-corrected chi connectivity index (χ2v) is 9.17. The fraction of sp³-hybridized carbons (Fsp3) is 0.385. The number of imidazole rings is 1. The molecule has 2 heterocycles. The van der Waals surface area contributed by atoms with E-state index in [1.807, 2.05) is 43.8 Å². The first-order valence-electron chi connectivity index (χ1n) is 11.3. The summed E-state index contributed by atoms with van der Waals surface area (Å²) < 4.78 is 7.37. The highest BCUT2D eigenvalue weighted by Crippen LogP contribution is 2.56. The van der Waals surface area contributed by atoms with Gasteiger partial charge in [0.2, 0.25) is 0 Å². The summed E-state index contributed by atoms with van der Waals surface area (Å²) in [6.07, 6.45) is 6.62. The topological polar surface area (TPSA) is 90.1 Å². The molecule has 33 heavy (non-hydrogen) atoms. The number of hydrogen-bond acceptors (Lipinski definition) is 6. The van der Waals surface area contributed by atoms with E-state index in [0.29, 0.717) is 17.8 Å². The summed E-state index contributed by atoms with van der Waals surface area (Å²) in [7, 11) is 3.61. The lowest BCUT2D eigenvalue weighted by molar-refractivity contribution is -0.123. The maximum absolute atomic E-state index is 13.1. The number of hydrogen-bond donors (Lipinski definition) is 1. The number of carbonyl (C=O) groups excluding carboxylic acids is 1. The van der Waals surface area contributed by atoms with Crippen LogP contribution in [-0.4, -0.2) is 37.5 Å². The van der Waals surface area contributed by atoms with Gasteiger partial charge in [-0.1, -0.05) is 19.1 Å². The minimum absolute atomic E-state index is 0.0210. The number of carbonyl (C=O) groups is 1. The zero-order valence-electron chi connectivity index (χ0n) is 19.4. The average molecular weight is 445 g/mol. The van der Waals surface area contributed by atoms with Crippen LogP contribution in [0.15, 0.2) is 48.6 Å². The number of ether oxygens (including phenoxy) is 1. The number of benzene rings is 1. The second-order valence-electron chi connectivity index (χ2n) is 9.17. The molecule has 0 radical (unpaired) electrons. The van der Waals surface area contributed by atoms with Crippen LogP contribution in [-0.2, 0) is 23.7 Å². The fourth-order valence-corrected chi connectivity index (χ4v) is 5.93. The van der Waals surface area contributed by atoms with E-state index < -0.39 is 5.41 Å². The van der Waals surface area contributed by atoms with E-state index in [-0.39, 0.29) is 17.6 Å². The molecule has 3 aromatic rings. The van der Waals surface area contributed by atoms with Crippen molar-refractivity contribution >= 4 is 5.78 Å². The first-order valence-corrected chi connectivity index (χ1v) is 11.3. The van der Waals surface area contributed by atoms with Crippen molar-refractivity contribution in [3.63, 3.8) is 0 Å². The number of rotatable bonds is 3. The molecule has 1 fully saturated rings. The van der Waals surface area contributed by atoms with Gasteiger partial charge in [0.25, 0.3) is 0 Å². The number of allylic oxidation sites excluding steroid dienone is 1. The van der Waals surface area contributed by atoms with Crippen LogP contribution in [0.1, 0.15) is 42.4 Å². The summed E-state index contributed by atoms with van der Waals surface area (Å²) in [6, 6.07) is 8.04. The third-order valence-electron chi connectivity index (χ3n) is 7.50. The lowest BCUT2D eigenvalue weighted by atomic mass is 9.52. The normalized spacial score (nSPS) is 25.6. The first-order chi connectivity index (χ1) is 15.9. The Morgan fingerprint density at radius 2 is 2.00 bits per heavy atom. The molecule has 2 aliphatic rings. The molecular formula is C26H28N4O3. The van der Waals surface area contributed by atoms with Gasteiger partial charge in [0, 0.05) is 29.5 Å². The third kappa shape index (κ3) is 3.09. The van der Waals surface area contributed by atoms with Crippen LogP contribution < -0.4 is 4.74 Å². The fourth-order valence-electron chi connectivity index (χ4n) is 5.93. The van der Waals surface area contributed by atoms with E-state index >= 15 is 0 Å². The van der Waals surface area contributed by atoms with Crippen molar-refractivity contribution in [2.45, 2.75) is 38.5 Å². The lowest BCUT2D eigenvalue weighted by Gasteiger charge is -2.51. The van der Waals surface area contributed by atoms with Crippen molar-refractivity contribution in [2.24, 2.45) is 18.9 Å². The number of aromatic nitrogens is 4. The molecule has 1 aromatic carbocycles. The van der Waals surface area contributed by atoms with Crippen molar-refractivity contribution in [3.05, 3.63) is 71.3 Å². The summed E-state index contributed by atoms with van der Waals surface area (Å²) in [5.74, 6) is 1.30. The molecule has 0 spiro atoms. The van der Waals surface area contributed by atoms with E-state index in [2.05, 4.69) is 17.1 Å². The number of nitrogens with zero attached hydrogens (tertiary/aromatic N) is 4. The maximum Gasteiger partial charge on any atom is 0.165 e. The average Bonchev–Trinajstić information content (AvgIpc) is 3.26. The molecule has 1 N–H and O–H groups in total. The van der Waals surface area contributed by atoms with Crippen molar-refractivity contribution in [1.29, 1.82) is 0 Å². The Labute approximate surface area is 193 Å². The highest BCUT2D eigenvalue weighted by atomic mass is 16.5. The Hall–Kier alpha value is -3.48. The van der Waals surface area contributed by atoms with Crippen LogP contribution >= 0.6 is 0 Å². The van der Waals surface area contributed by atoms with Gasteiger partial charge in [0.15, 0.2) is 5.78 Å². The number of ketones is 1. The van der Waals surface area contributed by atoms with Gasteiger partial charge in [-0.05, 0) is 49.8 Å². The van der Waals surface area contributed by atoms with Gasteiger partial charge >= 0.3 is 0 Å². The molecule has 5 rings (SSSR count). The molecule has 1 saturated carbocycles. The lowest BCUT2D eigenvalue weighted by Crippen LogP contribution is -2.51. The second kappa shape index (κ2) is 7.83. The molecular weight excluding hydrogens is 416 g/mol. The number of Topliss-reactive ketones (excluding diaryl/α,β-unsaturated/α-hetero) is 1. The predicted molar refractivity (Wildman–Crippen MR) is 124 cm³/mol. The molecule has 0 amide bonds. The summed E-state index contributed by atoms with van der Waals surface area (Å²) in [5.41, 5.74) is 4.84. The minimum atomic E-state index is -0.553. The third-order valence-corrected chi connectivity index (χ3v) is 7.50. The highest BCUT2D eigenvalue weighted by Gasteiger charge is 2.55. The Morgan fingerprint density at radius 1 is 1.24 bits per heavy atom. The van der Waals surface area contributed by atoms with Crippen LogP contribution in [0.2, 0.25) is 0 Å². The molecule has 7 nitrogen and oxygen atoms in total. The number of aliphatic hydroxyl groups excluding tert-OH is 1. The summed E-state index contributed by atoms with van der Waals surface area (Å²) in [4.78, 5) is 27.2. The van der Waals surface area contributed by atoms with Gasteiger partial charge in [0.05, 0.1) is 43.0 Å². The van der Waals surface area contributed by atoms with Crippen molar-refractivity contribution in [1.82, 2.24) is 19.5 Å². The minimum Gasteiger partial charge on any atom is -0.515 e. The van der Waals surface area contributed by atoms with Gasteiger partial charge in [-0.25, -0.2) is 15.0 Å². The van der Waals surface area contributed by atoms with Crippen molar-refractivity contribution in [3.8, 4) is 17.1 Å². The van der Waals surface area contributed by atoms with Gasteiger partial charge < -0.3 is 14.4 Å². The number of methoxy groups -OCH3 is 1. The van der Waals surface area contributed by atoms with Crippen LogP contribution in [0.4, 0.5) is 0 Å².